The van der Waals surface area contributed by atoms with Crippen LogP contribution in [0.3, 0.4) is 0 Å². The van der Waals surface area contributed by atoms with Crippen LogP contribution in [0, 0.1) is 5.41 Å². The summed E-state index contributed by atoms with van der Waals surface area (Å²) in [5.41, 5.74) is -0.0468. The molecule has 1 amide bonds. The van der Waals surface area contributed by atoms with Crippen LogP contribution in [-0.4, -0.2) is 67.9 Å². The van der Waals surface area contributed by atoms with Crippen molar-refractivity contribution in [1.82, 2.24) is 25.0 Å². The van der Waals surface area contributed by atoms with E-state index in [1.807, 2.05) is 0 Å². The van der Waals surface area contributed by atoms with Crippen molar-refractivity contribution >= 4 is 6.09 Å². The minimum Gasteiger partial charge on any atom is -0.465 e. The van der Waals surface area contributed by atoms with Crippen LogP contribution in [0.5, 0.6) is 0 Å². The van der Waals surface area contributed by atoms with E-state index in [-0.39, 0.29) is 11.5 Å². The average Bonchev–Trinajstić information content (AvgIpc) is 3.08. The Morgan fingerprint density at radius 3 is 2.50 bits per heavy atom. The predicted octanol–water partition coefficient (Wildman–Crippen LogP) is 3.81. The molecule has 1 aromatic heterocycles. The van der Waals surface area contributed by atoms with Gasteiger partial charge in [0.1, 0.15) is 5.82 Å². The zero-order chi connectivity index (χ0) is 19.9. The van der Waals surface area contributed by atoms with E-state index >= 15 is 0 Å². The predicted molar refractivity (Wildman–Crippen MR) is 108 cm³/mol. The second-order valence-electron chi connectivity index (χ2n) is 10.1. The van der Waals surface area contributed by atoms with Crippen LogP contribution in [-0.2, 0) is 0 Å². The topological polar surface area (TPSA) is 85.4 Å². The molecular formula is C21H35N5O2. The van der Waals surface area contributed by atoms with E-state index in [1.165, 1.54) is 25.7 Å². The number of carbonyl (C=O) groups is 1. The third-order valence-corrected chi connectivity index (χ3v) is 7.17. The first-order chi connectivity index (χ1) is 13.3. The molecule has 3 unspecified atom stereocenters. The summed E-state index contributed by atoms with van der Waals surface area (Å²) >= 11 is 0. The molecule has 2 saturated heterocycles. The first-order valence-electron chi connectivity index (χ1n) is 11.0. The number of carboxylic acid groups (broad SMARTS) is 1. The molecule has 4 rings (SSSR count). The van der Waals surface area contributed by atoms with E-state index in [2.05, 4.69) is 35.9 Å². The number of aromatic nitrogens is 3. The van der Waals surface area contributed by atoms with Gasteiger partial charge in [-0.05, 0) is 50.5 Å². The van der Waals surface area contributed by atoms with Crippen molar-refractivity contribution in [3.8, 4) is 0 Å². The molecule has 2 aliphatic heterocycles. The molecule has 28 heavy (non-hydrogen) atoms. The molecule has 0 bridgehead atoms. The normalized spacial score (nSPS) is 30.2. The van der Waals surface area contributed by atoms with Gasteiger partial charge in [0.25, 0.3) is 0 Å². The van der Waals surface area contributed by atoms with Crippen molar-refractivity contribution < 1.29 is 9.90 Å². The third-order valence-electron chi connectivity index (χ3n) is 7.17. The highest BCUT2D eigenvalue weighted by atomic mass is 16.4. The number of nitrogens with one attached hydrogen (secondary N) is 1. The fourth-order valence-corrected chi connectivity index (χ4v) is 5.21. The monoisotopic (exact) mass is 389 g/mol. The average molecular weight is 390 g/mol. The van der Waals surface area contributed by atoms with Crippen LogP contribution in [0.1, 0.15) is 89.2 Å². The van der Waals surface area contributed by atoms with Crippen LogP contribution in [0.15, 0.2) is 0 Å². The molecule has 1 saturated carbocycles. The van der Waals surface area contributed by atoms with Gasteiger partial charge in [-0.1, -0.05) is 27.2 Å². The van der Waals surface area contributed by atoms with E-state index in [0.29, 0.717) is 24.4 Å². The summed E-state index contributed by atoms with van der Waals surface area (Å²) in [6.07, 6.45) is 7.15. The van der Waals surface area contributed by atoms with Crippen molar-refractivity contribution in [2.24, 2.45) is 5.41 Å². The SMILES string of the molecule is CC(C)(C)C1CC(N2CCCC(c3nc(C4CCC4)n[nH]3)C2)CCN1C(=O)O. The molecule has 7 nitrogen and oxygen atoms in total. The summed E-state index contributed by atoms with van der Waals surface area (Å²) in [5, 5.41) is 17.4. The van der Waals surface area contributed by atoms with Crippen LogP contribution in [0.25, 0.3) is 0 Å². The van der Waals surface area contributed by atoms with Crippen LogP contribution < -0.4 is 0 Å². The first kappa shape index (κ1) is 19.7. The lowest BCUT2D eigenvalue weighted by Gasteiger charge is -2.48. The van der Waals surface area contributed by atoms with E-state index < -0.39 is 6.09 Å². The number of aromatic amines is 1. The minimum atomic E-state index is -0.778. The number of likely N-dealkylation sites (tertiary alicyclic amines) is 2. The minimum absolute atomic E-state index is 0.0468. The molecule has 0 spiro atoms. The summed E-state index contributed by atoms with van der Waals surface area (Å²) in [6.45, 7) is 9.22. The summed E-state index contributed by atoms with van der Waals surface area (Å²) in [6, 6.07) is 0.524. The largest absolute Gasteiger partial charge is 0.465 e. The van der Waals surface area contributed by atoms with E-state index in [9.17, 15) is 9.90 Å². The number of hydrogen-bond acceptors (Lipinski definition) is 4. The molecule has 2 N–H and O–H groups in total. The smallest absolute Gasteiger partial charge is 0.407 e. The summed E-state index contributed by atoms with van der Waals surface area (Å²) in [5.74, 6) is 3.06. The summed E-state index contributed by atoms with van der Waals surface area (Å²) in [4.78, 5) is 20.8. The number of nitrogens with zero attached hydrogens (tertiary/aromatic N) is 4. The van der Waals surface area contributed by atoms with Crippen LogP contribution in [0.2, 0.25) is 0 Å². The lowest BCUT2D eigenvalue weighted by atomic mass is 9.78. The van der Waals surface area contributed by atoms with E-state index in [1.54, 1.807) is 4.90 Å². The van der Waals surface area contributed by atoms with Gasteiger partial charge in [-0.3, -0.25) is 10.00 Å². The van der Waals surface area contributed by atoms with Gasteiger partial charge < -0.3 is 10.0 Å². The number of amides is 1. The molecule has 3 atom stereocenters. The Kier molecular flexibility index (Phi) is 5.38. The van der Waals surface area contributed by atoms with Crippen molar-refractivity contribution in [3.63, 3.8) is 0 Å². The Balaban J connectivity index is 1.42. The molecule has 3 heterocycles. The Labute approximate surface area is 167 Å². The van der Waals surface area contributed by atoms with Crippen molar-refractivity contribution in [2.45, 2.75) is 89.6 Å². The van der Waals surface area contributed by atoms with Crippen LogP contribution >= 0.6 is 0 Å². The molecular weight excluding hydrogens is 354 g/mol. The Bertz CT molecular complexity index is 693. The zero-order valence-corrected chi connectivity index (χ0v) is 17.5. The van der Waals surface area contributed by atoms with Gasteiger partial charge in [-0.2, -0.15) is 5.10 Å². The van der Waals surface area contributed by atoms with E-state index in [0.717, 1.165) is 44.0 Å². The maximum atomic E-state index is 11.7. The Morgan fingerprint density at radius 2 is 1.86 bits per heavy atom. The van der Waals surface area contributed by atoms with Crippen molar-refractivity contribution in [3.05, 3.63) is 11.6 Å². The highest BCUT2D eigenvalue weighted by Gasteiger charge is 2.41. The third kappa shape index (κ3) is 3.91. The lowest BCUT2D eigenvalue weighted by Crippen LogP contribution is -2.57. The van der Waals surface area contributed by atoms with E-state index in [4.69, 9.17) is 4.98 Å². The number of H-pyrrole nitrogens is 1. The van der Waals surface area contributed by atoms with Gasteiger partial charge >= 0.3 is 6.09 Å². The number of piperidine rings is 2. The molecule has 1 aromatic rings. The van der Waals surface area contributed by atoms with Gasteiger partial charge in [0.2, 0.25) is 0 Å². The fourth-order valence-electron chi connectivity index (χ4n) is 5.21. The Morgan fingerprint density at radius 1 is 1.11 bits per heavy atom. The van der Waals surface area contributed by atoms with Crippen molar-refractivity contribution in [1.29, 1.82) is 0 Å². The second kappa shape index (κ2) is 7.65. The summed E-state index contributed by atoms with van der Waals surface area (Å²) < 4.78 is 0. The molecule has 156 valence electrons. The van der Waals surface area contributed by atoms with Gasteiger partial charge in [0, 0.05) is 37.0 Å². The fraction of sp³-hybridized carbons (Fsp3) is 0.857. The van der Waals surface area contributed by atoms with Gasteiger partial charge in [-0.25, -0.2) is 9.78 Å². The quantitative estimate of drug-likeness (QED) is 0.821. The number of rotatable bonds is 3. The highest BCUT2D eigenvalue weighted by molar-refractivity contribution is 5.65. The molecule has 3 aliphatic rings. The van der Waals surface area contributed by atoms with Gasteiger partial charge in [0.15, 0.2) is 5.82 Å². The Hall–Kier alpha value is -1.63. The van der Waals surface area contributed by atoms with Gasteiger partial charge in [-0.15, -0.1) is 0 Å². The highest BCUT2D eigenvalue weighted by Crippen LogP contribution is 2.37. The zero-order valence-electron chi connectivity index (χ0n) is 17.5. The van der Waals surface area contributed by atoms with Crippen LogP contribution in [0.4, 0.5) is 4.79 Å². The van der Waals surface area contributed by atoms with Gasteiger partial charge in [0.05, 0.1) is 0 Å². The second-order valence-corrected chi connectivity index (χ2v) is 10.1. The summed E-state index contributed by atoms with van der Waals surface area (Å²) in [7, 11) is 0. The molecule has 1 aliphatic carbocycles. The van der Waals surface area contributed by atoms with Crippen molar-refractivity contribution in [2.75, 3.05) is 19.6 Å². The maximum Gasteiger partial charge on any atom is 0.407 e. The first-order valence-corrected chi connectivity index (χ1v) is 11.0. The molecule has 0 radical (unpaired) electrons. The number of hydrogen-bond donors (Lipinski definition) is 2. The molecule has 0 aromatic carbocycles. The standard InChI is InChI=1S/C21H35N5O2/c1-21(2,3)17-12-16(9-11-26(17)20(27)28)25-10-5-8-15(13-25)19-22-18(23-24-19)14-6-4-7-14/h14-17H,4-13H2,1-3H3,(H,27,28)(H,22,23,24). The lowest BCUT2D eigenvalue weighted by molar-refractivity contribution is 0.0123. The molecule has 3 fully saturated rings. The maximum absolute atomic E-state index is 11.7. The molecule has 7 heteroatoms.